The number of nitrogens with two attached hydrogens (primary N) is 2. The molecular formula is C8H10N2S. The number of nitrogen functional groups attached to an aromatic ring is 1. The second kappa shape index (κ2) is 2.88. The van der Waals surface area contributed by atoms with Gasteiger partial charge in [0.15, 0.2) is 0 Å². The molecule has 0 radical (unpaired) electrons. The average Bonchev–Trinajstić information content (AvgIpc) is 1.94. The number of rotatable bonds is 1. The zero-order valence-corrected chi connectivity index (χ0v) is 7.11. The molecule has 0 heterocycles. The molecule has 0 spiro atoms. The van der Waals surface area contributed by atoms with Crippen molar-refractivity contribution in [3.05, 3.63) is 29.3 Å². The fourth-order valence-corrected chi connectivity index (χ4v) is 1.12. The van der Waals surface area contributed by atoms with Gasteiger partial charge in [-0.05, 0) is 24.6 Å². The first-order valence-corrected chi connectivity index (χ1v) is 3.68. The standard InChI is InChI=1S/C8H10N2S/c1-5-2-3-6(9)4-7(5)8(10)11/h2-4H,9H2,1H3,(H2,10,11). The van der Waals surface area contributed by atoms with Crippen LogP contribution in [-0.2, 0) is 0 Å². The van der Waals surface area contributed by atoms with Crippen LogP contribution in [0.4, 0.5) is 5.69 Å². The van der Waals surface area contributed by atoms with Crippen molar-refractivity contribution in [2.75, 3.05) is 5.73 Å². The average molecular weight is 166 g/mol. The van der Waals surface area contributed by atoms with Crippen LogP contribution in [0.2, 0.25) is 0 Å². The van der Waals surface area contributed by atoms with Crippen molar-refractivity contribution in [1.82, 2.24) is 0 Å². The van der Waals surface area contributed by atoms with E-state index in [-0.39, 0.29) is 0 Å². The minimum atomic E-state index is 0.398. The van der Waals surface area contributed by atoms with E-state index in [4.69, 9.17) is 23.7 Å². The van der Waals surface area contributed by atoms with E-state index in [0.717, 1.165) is 11.1 Å². The van der Waals surface area contributed by atoms with E-state index in [1.54, 1.807) is 6.07 Å². The molecule has 0 fully saturated rings. The van der Waals surface area contributed by atoms with Gasteiger partial charge < -0.3 is 11.5 Å². The Morgan fingerprint density at radius 2 is 2.09 bits per heavy atom. The Morgan fingerprint density at radius 3 is 2.55 bits per heavy atom. The summed E-state index contributed by atoms with van der Waals surface area (Å²) in [6.07, 6.45) is 0. The molecule has 4 N–H and O–H groups in total. The molecule has 1 aromatic rings. The van der Waals surface area contributed by atoms with Crippen LogP contribution in [0.5, 0.6) is 0 Å². The van der Waals surface area contributed by atoms with Crippen LogP contribution in [0.1, 0.15) is 11.1 Å². The van der Waals surface area contributed by atoms with Gasteiger partial charge in [-0.3, -0.25) is 0 Å². The van der Waals surface area contributed by atoms with Crippen molar-refractivity contribution in [1.29, 1.82) is 0 Å². The first kappa shape index (κ1) is 8.01. The van der Waals surface area contributed by atoms with E-state index < -0.39 is 0 Å². The second-order valence-corrected chi connectivity index (χ2v) is 2.88. The van der Waals surface area contributed by atoms with Crippen molar-refractivity contribution in [2.45, 2.75) is 6.92 Å². The monoisotopic (exact) mass is 166 g/mol. The van der Waals surface area contributed by atoms with Crippen LogP contribution in [0.3, 0.4) is 0 Å². The Bertz CT molecular complexity index is 294. The molecule has 0 aliphatic rings. The number of anilines is 1. The summed E-state index contributed by atoms with van der Waals surface area (Å²) < 4.78 is 0. The van der Waals surface area contributed by atoms with E-state index >= 15 is 0 Å². The molecule has 0 saturated heterocycles. The van der Waals surface area contributed by atoms with Gasteiger partial charge in [-0.25, -0.2) is 0 Å². The highest BCUT2D eigenvalue weighted by Gasteiger charge is 2.00. The summed E-state index contributed by atoms with van der Waals surface area (Å²) >= 11 is 4.83. The molecule has 0 aliphatic carbocycles. The molecule has 0 unspecified atom stereocenters. The molecule has 58 valence electrons. The zero-order chi connectivity index (χ0) is 8.43. The maximum Gasteiger partial charge on any atom is 0.104 e. The van der Waals surface area contributed by atoms with Crippen molar-refractivity contribution in [2.24, 2.45) is 5.73 Å². The Labute approximate surface area is 71.2 Å². The van der Waals surface area contributed by atoms with Crippen molar-refractivity contribution in [3.8, 4) is 0 Å². The van der Waals surface area contributed by atoms with Crippen LogP contribution < -0.4 is 11.5 Å². The highest BCUT2D eigenvalue weighted by atomic mass is 32.1. The Kier molecular flexibility index (Phi) is 2.10. The van der Waals surface area contributed by atoms with Gasteiger partial charge in [-0.1, -0.05) is 18.3 Å². The highest BCUT2D eigenvalue weighted by Crippen LogP contribution is 2.11. The van der Waals surface area contributed by atoms with Crippen LogP contribution in [-0.4, -0.2) is 4.99 Å². The van der Waals surface area contributed by atoms with Crippen LogP contribution >= 0.6 is 12.2 Å². The third-order valence-electron chi connectivity index (χ3n) is 1.53. The summed E-state index contributed by atoms with van der Waals surface area (Å²) in [5.74, 6) is 0. The molecule has 2 nitrogen and oxygen atoms in total. The molecule has 11 heavy (non-hydrogen) atoms. The fraction of sp³-hybridized carbons (Fsp3) is 0.125. The summed E-state index contributed by atoms with van der Waals surface area (Å²) in [4.78, 5) is 0.398. The molecule has 0 aromatic heterocycles. The van der Waals surface area contributed by atoms with E-state index in [0.29, 0.717) is 10.7 Å². The van der Waals surface area contributed by atoms with E-state index in [2.05, 4.69) is 0 Å². The highest BCUT2D eigenvalue weighted by molar-refractivity contribution is 7.80. The summed E-state index contributed by atoms with van der Waals surface area (Å²) in [5, 5.41) is 0. The minimum absolute atomic E-state index is 0.398. The van der Waals surface area contributed by atoms with Gasteiger partial charge >= 0.3 is 0 Å². The van der Waals surface area contributed by atoms with Crippen LogP contribution in [0.25, 0.3) is 0 Å². The lowest BCUT2D eigenvalue weighted by Crippen LogP contribution is -2.11. The lowest BCUT2D eigenvalue weighted by atomic mass is 10.1. The van der Waals surface area contributed by atoms with Crippen molar-refractivity contribution >= 4 is 22.9 Å². The number of hydrogen-bond donors (Lipinski definition) is 2. The smallest absolute Gasteiger partial charge is 0.104 e. The predicted octanol–water partition coefficient (Wildman–Crippen LogP) is 1.21. The maximum atomic E-state index is 5.55. The minimum Gasteiger partial charge on any atom is -0.399 e. The predicted molar refractivity (Wildman–Crippen MR) is 51.5 cm³/mol. The lowest BCUT2D eigenvalue weighted by Gasteiger charge is -2.03. The van der Waals surface area contributed by atoms with Crippen molar-refractivity contribution < 1.29 is 0 Å². The third kappa shape index (κ3) is 1.68. The number of thiocarbonyl (C=S) groups is 1. The van der Waals surface area contributed by atoms with Crippen molar-refractivity contribution in [3.63, 3.8) is 0 Å². The quantitative estimate of drug-likeness (QED) is 0.487. The molecular weight excluding hydrogens is 156 g/mol. The Morgan fingerprint density at radius 1 is 1.45 bits per heavy atom. The molecule has 1 aromatic carbocycles. The fourth-order valence-electron chi connectivity index (χ4n) is 0.905. The van der Waals surface area contributed by atoms with Gasteiger partial charge in [0.2, 0.25) is 0 Å². The second-order valence-electron chi connectivity index (χ2n) is 2.44. The Balaban J connectivity index is 3.23. The molecule has 0 bridgehead atoms. The van der Waals surface area contributed by atoms with E-state index in [1.807, 2.05) is 19.1 Å². The summed E-state index contributed by atoms with van der Waals surface area (Å²) in [7, 11) is 0. The summed E-state index contributed by atoms with van der Waals surface area (Å²) in [6.45, 7) is 1.95. The summed E-state index contributed by atoms with van der Waals surface area (Å²) in [6, 6.07) is 5.53. The maximum absolute atomic E-state index is 5.55. The van der Waals surface area contributed by atoms with E-state index in [9.17, 15) is 0 Å². The molecule has 3 heteroatoms. The van der Waals surface area contributed by atoms with Gasteiger partial charge in [-0.2, -0.15) is 0 Å². The van der Waals surface area contributed by atoms with Gasteiger partial charge in [0.05, 0.1) is 0 Å². The molecule has 1 rings (SSSR count). The SMILES string of the molecule is Cc1ccc(N)cc1C(N)=S. The first-order valence-electron chi connectivity index (χ1n) is 3.27. The lowest BCUT2D eigenvalue weighted by molar-refractivity contribution is 1.44. The summed E-state index contributed by atoms with van der Waals surface area (Å²) in [5.41, 5.74) is 13.6. The van der Waals surface area contributed by atoms with Gasteiger partial charge in [0.25, 0.3) is 0 Å². The zero-order valence-electron chi connectivity index (χ0n) is 6.29. The van der Waals surface area contributed by atoms with Gasteiger partial charge in [-0.15, -0.1) is 0 Å². The molecule has 0 amide bonds. The molecule has 0 aliphatic heterocycles. The molecule has 0 atom stereocenters. The number of aryl methyl sites for hydroxylation is 1. The number of hydrogen-bond acceptors (Lipinski definition) is 2. The normalized spacial score (nSPS) is 9.55. The van der Waals surface area contributed by atoms with Gasteiger partial charge in [0, 0.05) is 11.3 Å². The number of benzene rings is 1. The van der Waals surface area contributed by atoms with Crippen LogP contribution in [0, 0.1) is 6.92 Å². The molecule has 0 saturated carbocycles. The third-order valence-corrected chi connectivity index (χ3v) is 1.75. The Hall–Kier alpha value is -1.09. The largest absolute Gasteiger partial charge is 0.399 e. The van der Waals surface area contributed by atoms with Crippen LogP contribution in [0.15, 0.2) is 18.2 Å². The topological polar surface area (TPSA) is 52.0 Å². The van der Waals surface area contributed by atoms with Gasteiger partial charge in [0.1, 0.15) is 4.99 Å². The first-order chi connectivity index (χ1) is 5.11. The van der Waals surface area contributed by atoms with E-state index in [1.165, 1.54) is 0 Å².